The molecule has 0 saturated carbocycles. The third kappa shape index (κ3) is 4.84. The van der Waals surface area contributed by atoms with E-state index in [0.29, 0.717) is 17.5 Å². The zero-order valence-corrected chi connectivity index (χ0v) is 11.8. The quantitative estimate of drug-likeness (QED) is 0.770. The van der Waals surface area contributed by atoms with Crippen molar-refractivity contribution in [3.63, 3.8) is 0 Å². The topological polar surface area (TPSA) is 24.1 Å². The molecule has 0 aromatic carbocycles. The van der Waals surface area contributed by atoms with Crippen molar-refractivity contribution in [2.45, 2.75) is 78.4 Å². The molecule has 0 radical (unpaired) electrons. The second-order valence-corrected chi connectivity index (χ2v) is 6.54. The van der Waals surface area contributed by atoms with Gasteiger partial charge in [0.15, 0.2) is 0 Å². The van der Waals surface area contributed by atoms with Crippen molar-refractivity contribution in [3.8, 4) is 0 Å². The van der Waals surface area contributed by atoms with Gasteiger partial charge in [0.25, 0.3) is 0 Å². The van der Waals surface area contributed by atoms with Crippen LogP contribution in [0.15, 0.2) is 0 Å². The summed E-state index contributed by atoms with van der Waals surface area (Å²) >= 11 is 0. The summed E-state index contributed by atoms with van der Waals surface area (Å²) in [7, 11) is 0. The van der Waals surface area contributed by atoms with Gasteiger partial charge in [-0.15, -0.1) is 0 Å². The molecule has 0 spiro atoms. The van der Waals surface area contributed by atoms with Crippen molar-refractivity contribution in [2.75, 3.05) is 6.54 Å². The molecule has 0 aromatic heterocycles. The minimum absolute atomic E-state index is 0.355. The standard InChI is InChI=1S/C14H30N2/c1-11(16-12(2)14(3,4)5)10-13-8-6-7-9-15-13/h11-13,15-16H,6-10H2,1-5H3. The van der Waals surface area contributed by atoms with Crippen LogP contribution in [-0.2, 0) is 0 Å². The average molecular weight is 226 g/mol. The van der Waals surface area contributed by atoms with Gasteiger partial charge in [-0.3, -0.25) is 0 Å². The highest BCUT2D eigenvalue weighted by Crippen LogP contribution is 2.20. The Labute approximate surface area is 102 Å². The maximum absolute atomic E-state index is 3.73. The molecule has 1 rings (SSSR count). The van der Waals surface area contributed by atoms with E-state index in [1.807, 2.05) is 0 Å². The van der Waals surface area contributed by atoms with Crippen LogP contribution in [0.25, 0.3) is 0 Å². The molecule has 1 saturated heterocycles. The molecule has 0 aromatic rings. The molecular weight excluding hydrogens is 196 g/mol. The number of nitrogens with one attached hydrogen (secondary N) is 2. The summed E-state index contributed by atoms with van der Waals surface area (Å²) in [5.74, 6) is 0. The highest BCUT2D eigenvalue weighted by molar-refractivity contribution is 4.82. The van der Waals surface area contributed by atoms with Crippen molar-refractivity contribution in [2.24, 2.45) is 5.41 Å². The van der Waals surface area contributed by atoms with Crippen LogP contribution < -0.4 is 10.6 Å². The van der Waals surface area contributed by atoms with Crippen molar-refractivity contribution in [3.05, 3.63) is 0 Å². The zero-order valence-electron chi connectivity index (χ0n) is 11.8. The maximum Gasteiger partial charge on any atom is 0.00897 e. The fraction of sp³-hybridized carbons (Fsp3) is 1.00. The minimum atomic E-state index is 0.355. The van der Waals surface area contributed by atoms with Gasteiger partial charge in [-0.1, -0.05) is 27.2 Å². The van der Waals surface area contributed by atoms with E-state index in [-0.39, 0.29) is 0 Å². The smallest absolute Gasteiger partial charge is 0.00897 e. The van der Waals surface area contributed by atoms with Gasteiger partial charge in [-0.05, 0) is 45.1 Å². The number of hydrogen-bond acceptors (Lipinski definition) is 2. The average Bonchev–Trinajstić information content (AvgIpc) is 2.17. The molecule has 2 nitrogen and oxygen atoms in total. The van der Waals surface area contributed by atoms with E-state index >= 15 is 0 Å². The van der Waals surface area contributed by atoms with E-state index in [4.69, 9.17) is 0 Å². The van der Waals surface area contributed by atoms with E-state index in [1.54, 1.807) is 0 Å². The van der Waals surface area contributed by atoms with E-state index in [2.05, 4.69) is 45.3 Å². The lowest BCUT2D eigenvalue weighted by atomic mass is 9.87. The van der Waals surface area contributed by atoms with Gasteiger partial charge in [0.2, 0.25) is 0 Å². The molecule has 16 heavy (non-hydrogen) atoms. The fourth-order valence-electron chi connectivity index (χ4n) is 2.30. The normalized spacial score (nSPS) is 26.4. The van der Waals surface area contributed by atoms with Gasteiger partial charge in [0, 0.05) is 18.1 Å². The minimum Gasteiger partial charge on any atom is -0.314 e. The lowest BCUT2D eigenvalue weighted by Gasteiger charge is -2.33. The van der Waals surface area contributed by atoms with Crippen LogP contribution in [-0.4, -0.2) is 24.7 Å². The van der Waals surface area contributed by atoms with Crippen LogP contribution in [0.1, 0.15) is 60.3 Å². The predicted molar refractivity (Wildman–Crippen MR) is 71.8 cm³/mol. The van der Waals surface area contributed by atoms with Crippen LogP contribution in [0.2, 0.25) is 0 Å². The van der Waals surface area contributed by atoms with Crippen molar-refractivity contribution >= 4 is 0 Å². The molecule has 3 atom stereocenters. The number of hydrogen-bond donors (Lipinski definition) is 2. The van der Waals surface area contributed by atoms with Crippen LogP contribution >= 0.6 is 0 Å². The van der Waals surface area contributed by atoms with Crippen molar-refractivity contribution in [1.82, 2.24) is 10.6 Å². The van der Waals surface area contributed by atoms with Gasteiger partial charge < -0.3 is 10.6 Å². The summed E-state index contributed by atoms with van der Waals surface area (Å²) in [6, 6.07) is 1.93. The summed E-state index contributed by atoms with van der Waals surface area (Å²) in [6.07, 6.45) is 5.38. The van der Waals surface area contributed by atoms with E-state index in [1.165, 1.54) is 32.2 Å². The summed E-state index contributed by atoms with van der Waals surface area (Å²) in [5.41, 5.74) is 0.355. The van der Waals surface area contributed by atoms with E-state index < -0.39 is 0 Å². The van der Waals surface area contributed by atoms with E-state index in [0.717, 1.165) is 6.04 Å². The zero-order chi connectivity index (χ0) is 12.2. The van der Waals surface area contributed by atoms with Crippen LogP contribution in [0.5, 0.6) is 0 Å². The molecule has 2 heteroatoms. The Morgan fingerprint density at radius 2 is 1.94 bits per heavy atom. The highest BCUT2D eigenvalue weighted by Gasteiger charge is 2.23. The lowest BCUT2D eigenvalue weighted by Crippen LogP contribution is -2.46. The Hall–Kier alpha value is -0.0800. The Morgan fingerprint density at radius 1 is 1.25 bits per heavy atom. The Balaban J connectivity index is 2.26. The highest BCUT2D eigenvalue weighted by atomic mass is 15.0. The van der Waals surface area contributed by atoms with Gasteiger partial charge in [-0.2, -0.15) is 0 Å². The first-order valence-electron chi connectivity index (χ1n) is 6.89. The molecule has 1 heterocycles. The number of piperidine rings is 1. The molecule has 1 fully saturated rings. The van der Waals surface area contributed by atoms with Crippen molar-refractivity contribution in [1.29, 1.82) is 0 Å². The molecular formula is C14H30N2. The first kappa shape index (κ1) is 14.0. The molecule has 0 bridgehead atoms. The first-order valence-corrected chi connectivity index (χ1v) is 6.89. The summed E-state index contributed by atoms with van der Waals surface area (Å²) in [6.45, 7) is 12.7. The molecule has 96 valence electrons. The van der Waals surface area contributed by atoms with Gasteiger partial charge in [-0.25, -0.2) is 0 Å². The van der Waals surface area contributed by atoms with Crippen LogP contribution in [0, 0.1) is 5.41 Å². The molecule has 0 aliphatic carbocycles. The van der Waals surface area contributed by atoms with Gasteiger partial charge in [0.05, 0.1) is 0 Å². The molecule has 3 unspecified atom stereocenters. The molecule has 2 N–H and O–H groups in total. The second-order valence-electron chi connectivity index (χ2n) is 6.54. The van der Waals surface area contributed by atoms with Crippen LogP contribution in [0.4, 0.5) is 0 Å². The molecule has 1 aliphatic heterocycles. The Kier molecular flexibility index (Phi) is 5.26. The Bertz CT molecular complexity index is 189. The maximum atomic E-state index is 3.73. The fourth-order valence-corrected chi connectivity index (χ4v) is 2.30. The summed E-state index contributed by atoms with van der Waals surface area (Å²) in [4.78, 5) is 0. The van der Waals surface area contributed by atoms with E-state index in [9.17, 15) is 0 Å². The van der Waals surface area contributed by atoms with Crippen molar-refractivity contribution < 1.29 is 0 Å². The van der Waals surface area contributed by atoms with Crippen LogP contribution in [0.3, 0.4) is 0 Å². The summed E-state index contributed by atoms with van der Waals surface area (Å²) < 4.78 is 0. The largest absolute Gasteiger partial charge is 0.314 e. The third-order valence-corrected chi connectivity index (χ3v) is 3.88. The summed E-state index contributed by atoms with van der Waals surface area (Å²) in [5, 5.41) is 7.35. The predicted octanol–water partition coefficient (Wildman–Crippen LogP) is 2.93. The lowest BCUT2D eigenvalue weighted by molar-refractivity contribution is 0.248. The van der Waals surface area contributed by atoms with Gasteiger partial charge in [0.1, 0.15) is 0 Å². The first-order chi connectivity index (χ1) is 7.39. The van der Waals surface area contributed by atoms with Gasteiger partial charge >= 0.3 is 0 Å². The number of rotatable bonds is 4. The Morgan fingerprint density at radius 3 is 2.44 bits per heavy atom. The monoisotopic (exact) mass is 226 g/mol. The SMILES string of the molecule is CC(CC1CCCCN1)NC(C)C(C)(C)C. The molecule has 0 amide bonds. The third-order valence-electron chi connectivity index (χ3n) is 3.88. The second kappa shape index (κ2) is 6.02. The molecule has 1 aliphatic rings.